The van der Waals surface area contributed by atoms with E-state index in [9.17, 15) is 4.79 Å². The number of amides is 1. The van der Waals surface area contributed by atoms with E-state index >= 15 is 0 Å². The summed E-state index contributed by atoms with van der Waals surface area (Å²) < 4.78 is 5.29. The van der Waals surface area contributed by atoms with Crippen molar-refractivity contribution in [2.24, 2.45) is 5.10 Å². The third-order valence-electron chi connectivity index (χ3n) is 4.76. The number of carbonyl (C=O) groups excluding carboxylic acids is 1. The van der Waals surface area contributed by atoms with Crippen molar-refractivity contribution in [3.63, 3.8) is 0 Å². The summed E-state index contributed by atoms with van der Waals surface area (Å²) >= 11 is 0. The Kier molecular flexibility index (Phi) is 6.94. The van der Waals surface area contributed by atoms with Crippen molar-refractivity contribution in [3.8, 4) is 5.75 Å². The molecule has 28 heavy (non-hydrogen) atoms. The van der Waals surface area contributed by atoms with Crippen LogP contribution in [0.4, 0.5) is 0 Å². The van der Waals surface area contributed by atoms with E-state index in [4.69, 9.17) is 4.74 Å². The lowest BCUT2D eigenvalue weighted by Crippen LogP contribution is -2.41. The Bertz CT molecular complexity index is 846. The van der Waals surface area contributed by atoms with Gasteiger partial charge in [0.1, 0.15) is 11.8 Å². The maximum atomic E-state index is 12.3. The Morgan fingerprint density at radius 2 is 2.00 bits per heavy atom. The molecule has 6 nitrogen and oxygen atoms in total. The van der Waals surface area contributed by atoms with Crippen molar-refractivity contribution in [2.45, 2.75) is 31.8 Å². The van der Waals surface area contributed by atoms with Crippen LogP contribution in [0.1, 0.15) is 36.1 Å². The van der Waals surface area contributed by atoms with Crippen molar-refractivity contribution in [1.29, 1.82) is 0 Å². The lowest BCUT2D eigenvalue weighted by Gasteiger charge is -2.10. The van der Waals surface area contributed by atoms with Gasteiger partial charge < -0.3 is 4.74 Å². The number of carbonyl (C=O) groups is 1. The van der Waals surface area contributed by atoms with Crippen LogP contribution < -0.4 is 21.0 Å². The molecular weight excluding hydrogens is 352 g/mol. The first-order chi connectivity index (χ1) is 13.7. The largest absolute Gasteiger partial charge is 0.496 e. The van der Waals surface area contributed by atoms with Crippen molar-refractivity contribution >= 4 is 18.2 Å². The number of allylic oxidation sites excluding steroid dienone is 1. The zero-order valence-electron chi connectivity index (χ0n) is 16.2. The third-order valence-corrected chi connectivity index (χ3v) is 4.76. The van der Waals surface area contributed by atoms with Crippen LogP contribution in [0.5, 0.6) is 5.75 Å². The molecule has 1 aliphatic heterocycles. The van der Waals surface area contributed by atoms with E-state index in [0.29, 0.717) is 6.42 Å². The fourth-order valence-electron chi connectivity index (χ4n) is 3.11. The molecule has 2 unspecified atom stereocenters. The normalized spacial score (nSPS) is 19.4. The van der Waals surface area contributed by atoms with Crippen LogP contribution in [0.3, 0.4) is 0 Å². The van der Waals surface area contributed by atoms with Crippen molar-refractivity contribution in [1.82, 2.24) is 16.3 Å². The van der Waals surface area contributed by atoms with Crippen LogP contribution in [-0.4, -0.2) is 25.3 Å². The molecule has 3 N–H and O–H groups in total. The van der Waals surface area contributed by atoms with Gasteiger partial charge in [-0.15, -0.1) is 0 Å². The van der Waals surface area contributed by atoms with Crippen molar-refractivity contribution < 1.29 is 9.53 Å². The number of benzene rings is 2. The molecule has 1 saturated heterocycles. The number of para-hydroxylation sites is 1. The number of aryl methyl sites for hydroxylation is 1. The molecule has 1 fully saturated rings. The Hall–Kier alpha value is -2.96. The van der Waals surface area contributed by atoms with Gasteiger partial charge in [-0.25, -0.2) is 16.3 Å². The molecule has 0 spiro atoms. The second kappa shape index (κ2) is 9.82. The molecule has 2 aromatic carbocycles. The average molecular weight is 378 g/mol. The van der Waals surface area contributed by atoms with Crippen LogP contribution in [0.15, 0.2) is 59.7 Å². The lowest BCUT2D eigenvalue weighted by atomic mass is 10.00. The van der Waals surface area contributed by atoms with Gasteiger partial charge in [0.2, 0.25) is 0 Å². The van der Waals surface area contributed by atoms with E-state index in [-0.39, 0.29) is 18.0 Å². The molecule has 3 rings (SSSR count). The molecule has 0 saturated carbocycles. The smallest absolute Gasteiger partial charge is 0.258 e. The highest BCUT2D eigenvalue weighted by Gasteiger charge is 2.29. The first-order valence-corrected chi connectivity index (χ1v) is 9.43. The molecule has 0 bridgehead atoms. The van der Waals surface area contributed by atoms with Crippen LogP contribution in [0.2, 0.25) is 0 Å². The van der Waals surface area contributed by atoms with Gasteiger partial charge in [0.05, 0.1) is 7.11 Å². The number of hydrogen-bond acceptors (Lipinski definition) is 5. The number of hydrazine groups is 1. The third kappa shape index (κ3) is 5.06. The number of rotatable bonds is 7. The molecule has 6 heteroatoms. The molecule has 2 aromatic rings. The van der Waals surface area contributed by atoms with Gasteiger partial charge in [-0.05, 0) is 42.2 Å². The molecule has 1 aliphatic rings. The molecule has 0 radical (unpaired) electrons. The molecule has 1 heterocycles. The quantitative estimate of drug-likeness (QED) is 0.511. The van der Waals surface area contributed by atoms with Crippen LogP contribution in [0, 0.1) is 0 Å². The summed E-state index contributed by atoms with van der Waals surface area (Å²) in [5, 5.41) is 3.99. The number of ether oxygens (including phenoxy) is 1. The minimum absolute atomic E-state index is 0.107. The molecule has 2 atom stereocenters. The number of methoxy groups -OCH3 is 1. The second-order valence-corrected chi connectivity index (χ2v) is 6.58. The van der Waals surface area contributed by atoms with E-state index in [2.05, 4.69) is 52.6 Å². The highest BCUT2D eigenvalue weighted by molar-refractivity contribution is 5.84. The number of nitrogens with one attached hydrogen (secondary N) is 3. The summed E-state index contributed by atoms with van der Waals surface area (Å²) in [6, 6.07) is 15.9. The van der Waals surface area contributed by atoms with Crippen LogP contribution >= 0.6 is 0 Å². The second-order valence-electron chi connectivity index (χ2n) is 6.58. The highest BCUT2D eigenvalue weighted by atomic mass is 16.5. The Morgan fingerprint density at radius 1 is 1.21 bits per heavy atom. The number of hydrogen-bond donors (Lipinski definition) is 3. The SMILES string of the molecule is CCc1ccc(C2CC(C(=O)N/N=C\C=C\c3ccccc3OC)NN2)cc1. The molecule has 1 amide bonds. The highest BCUT2D eigenvalue weighted by Crippen LogP contribution is 2.22. The predicted molar refractivity (Wildman–Crippen MR) is 112 cm³/mol. The van der Waals surface area contributed by atoms with Gasteiger partial charge in [-0.1, -0.05) is 49.4 Å². The van der Waals surface area contributed by atoms with Gasteiger partial charge in [0, 0.05) is 17.8 Å². The molecule has 146 valence electrons. The zero-order chi connectivity index (χ0) is 19.8. The monoisotopic (exact) mass is 378 g/mol. The molecular formula is C22H26N4O2. The minimum Gasteiger partial charge on any atom is -0.496 e. The summed E-state index contributed by atoms with van der Waals surface area (Å²) in [7, 11) is 1.63. The Labute approximate surface area is 165 Å². The zero-order valence-corrected chi connectivity index (χ0v) is 16.2. The number of hydrazone groups is 1. The lowest BCUT2D eigenvalue weighted by molar-refractivity contribution is -0.122. The average Bonchev–Trinajstić information content (AvgIpc) is 3.24. The van der Waals surface area contributed by atoms with E-state index < -0.39 is 0 Å². The van der Waals surface area contributed by atoms with E-state index in [1.54, 1.807) is 19.4 Å². The summed E-state index contributed by atoms with van der Waals surface area (Å²) in [5.74, 6) is 0.623. The topological polar surface area (TPSA) is 74.8 Å². The van der Waals surface area contributed by atoms with Crippen LogP contribution in [0.25, 0.3) is 6.08 Å². The van der Waals surface area contributed by atoms with Gasteiger partial charge in [-0.3, -0.25) is 4.79 Å². The number of nitrogens with zero attached hydrogens (tertiary/aromatic N) is 1. The summed E-state index contributed by atoms with van der Waals surface area (Å²) in [5.41, 5.74) is 12.2. The van der Waals surface area contributed by atoms with Gasteiger partial charge >= 0.3 is 0 Å². The Morgan fingerprint density at radius 3 is 2.75 bits per heavy atom. The summed E-state index contributed by atoms with van der Waals surface area (Å²) in [6.45, 7) is 2.14. The minimum atomic E-state index is -0.328. The fraction of sp³-hybridized carbons (Fsp3) is 0.273. The van der Waals surface area contributed by atoms with Gasteiger partial charge in [0.25, 0.3) is 5.91 Å². The van der Waals surface area contributed by atoms with E-state index in [1.807, 2.05) is 30.3 Å². The maximum absolute atomic E-state index is 12.3. The maximum Gasteiger partial charge on any atom is 0.258 e. The van der Waals surface area contributed by atoms with Crippen LogP contribution in [-0.2, 0) is 11.2 Å². The predicted octanol–water partition coefficient (Wildman–Crippen LogP) is 2.98. The van der Waals surface area contributed by atoms with Gasteiger partial charge in [-0.2, -0.15) is 5.10 Å². The standard InChI is InChI=1S/C22H26N4O2/c1-3-16-10-12-17(13-11-16)19-15-20(25-24-19)22(27)26-23-14-6-8-18-7-4-5-9-21(18)28-2/h4-14,19-20,24-25H,3,15H2,1-2H3,(H,26,27)/b8-6+,23-14-. The first-order valence-electron chi connectivity index (χ1n) is 9.43. The van der Waals surface area contributed by atoms with Gasteiger partial charge in [0.15, 0.2) is 0 Å². The van der Waals surface area contributed by atoms with E-state index in [1.165, 1.54) is 11.1 Å². The Balaban J connectivity index is 1.48. The summed E-state index contributed by atoms with van der Waals surface area (Å²) in [4.78, 5) is 12.3. The molecule has 0 aromatic heterocycles. The fourth-order valence-corrected chi connectivity index (χ4v) is 3.11. The molecule has 0 aliphatic carbocycles. The first kappa shape index (κ1) is 19.8. The van der Waals surface area contributed by atoms with Crippen molar-refractivity contribution in [3.05, 3.63) is 71.3 Å². The summed E-state index contributed by atoms with van der Waals surface area (Å²) in [6.07, 6.45) is 6.87. The van der Waals surface area contributed by atoms with Crippen molar-refractivity contribution in [2.75, 3.05) is 7.11 Å². The van der Waals surface area contributed by atoms with E-state index in [0.717, 1.165) is 17.7 Å².